The number of hydrogen-bond donors (Lipinski definition) is 2. The Kier molecular flexibility index (Phi) is 12.4. The van der Waals surface area contributed by atoms with Gasteiger partial charge in [-0.15, -0.1) is 0 Å². The molecule has 0 atom stereocenters. The molecule has 0 bridgehead atoms. The van der Waals surface area contributed by atoms with E-state index in [4.69, 9.17) is 10.2 Å². The Morgan fingerprint density at radius 1 is 0.900 bits per heavy atom. The van der Waals surface area contributed by atoms with Crippen LogP contribution in [0.3, 0.4) is 0 Å². The van der Waals surface area contributed by atoms with Crippen LogP contribution in [0.2, 0.25) is 0 Å². The van der Waals surface area contributed by atoms with Gasteiger partial charge in [0.05, 0.1) is 14.2 Å². The van der Waals surface area contributed by atoms with Crippen LogP contribution in [0.1, 0.15) is 0 Å². The zero-order valence-electron chi connectivity index (χ0n) is 11.4. The molecule has 0 heterocycles. The number of aromatic hydroxyl groups is 2. The van der Waals surface area contributed by atoms with E-state index >= 15 is 0 Å². The fourth-order valence-corrected chi connectivity index (χ4v) is 0.619. The van der Waals surface area contributed by atoms with Crippen molar-refractivity contribution in [2.45, 2.75) is 0 Å². The predicted octanol–water partition coefficient (Wildman–Crippen LogP) is 1.79. The van der Waals surface area contributed by atoms with Gasteiger partial charge in [0, 0.05) is 12.2 Å². The molecule has 0 aromatic heterocycles. The van der Waals surface area contributed by atoms with Gasteiger partial charge in [0.1, 0.15) is 11.5 Å². The normalized spacial score (nSPS) is 7.70. The van der Waals surface area contributed by atoms with Crippen molar-refractivity contribution < 1.29 is 29.3 Å². The maximum Gasteiger partial charge on any atom is 0.329 e. The Morgan fingerprint density at radius 2 is 1.15 bits per heavy atom. The second-order valence-corrected chi connectivity index (χ2v) is 2.97. The Labute approximate surface area is 117 Å². The van der Waals surface area contributed by atoms with Crippen LogP contribution in [0.15, 0.2) is 49.6 Å². The Hall–Kier alpha value is -2.76. The molecule has 0 amide bonds. The summed E-state index contributed by atoms with van der Waals surface area (Å²) >= 11 is 0. The molecule has 0 spiro atoms. The van der Waals surface area contributed by atoms with Gasteiger partial charge < -0.3 is 19.7 Å². The molecule has 6 nitrogen and oxygen atoms in total. The fourth-order valence-electron chi connectivity index (χ4n) is 0.619. The van der Waals surface area contributed by atoms with E-state index in [9.17, 15) is 9.59 Å². The van der Waals surface area contributed by atoms with Crippen molar-refractivity contribution in [2.24, 2.45) is 0 Å². The summed E-state index contributed by atoms with van der Waals surface area (Å²) in [6, 6.07) is 5.70. The second-order valence-electron chi connectivity index (χ2n) is 2.97. The summed E-state index contributed by atoms with van der Waals surface area (Å²) in [7, 11) is 2.62. The number of phenols is 2. The number of phenolic OH excluding ortho intramolecular Hbond substituents is 2. The van der Waals surface area contributed by atoms with Crippen molar-refractivity contribution in [1.82, 2.24) is 0 Å². The maximum absolute atomic E-state index is 9.84. The Morgan fingerprint density at radius 3 is 1.25 bits per heavy atom. The number of esters is 2. The minimum absolute atomic E-state index is 0.169. The number of carbonyl (C=O) groups excluding carboxylic acids is 2. The molecule has 0 saturated carbocycles. The van der Waals surface area contributed by atoms with Crippen LogP contribution < -0.4 is 0 Å². The minimum Gasteiger partial charge on any atom is -0.508 e. The summed E-state index contributed by atoms with van der Waals surface area (Å²) in [6.45, 7) is 6.31. The number of methoxy groups -OCH3 is 2. The van der Waals surface area contributed by atoms with Crippen molar-refractivity contribution >= 4 is 11.9 Å². The van der Waals surface area contributed by atoms with E-state index < -0.39 is 11.9 Å². The van der Waals surface area contributed by atoms with Gasteiger partial charge in [-0.3, -0.25) is 0 Å². The molecule has 0 aliphatic rings. The highest BCUT2D eigenvalue weighted by Gasteiger charge is 1.84. The molecule has 20 heavy (non-hydrogen) atoms. The van der Waals surface area contributed by atoms with Crippen LogP contribution in [0.25, 0.3) is 0 Å². The smallest absolute Gasteiger partial charge is 0.329 e. The molecule has 6 heteroatoms. The molecule has 1 aromatic rings. The highest BCUT2D eigenvalue weighted by molar-refractivity contribution is 5.81. The van der Waals surface area contributed by atoms with E-state index in [1.807, 2.05) is 0 Å². The maximum atomic E-state index is 9.84. The molecular formula is C14H18O6. The van der Waals surface area contributed by atoms with Crippen LogP contribution in [0, 0.1) is 0 Å². The van der Waals surface area contributed by atoms with E-state index in [0.29, 0.717) is 0 Å². The number of rotatable bonds is 2. The van der Waals surface area contributed by atoms with Gasteiger partial charge in [-0.1, -0.05) is 13.2 Å². The lowest BCUT2D eigenvalue weighted by atomic mass is 10.3. The first-order chi connectivity index (χ1) is 9.40. The molecule has 2 N–H and O–H groups in total. The van der Waals surface area contributed by atoms with Crippen molar-refractivity contribution in [3.05, 3.63) is 49.6 Å². The summed E-state index contributed by atoms with van der Waals surface area (Å²) in [6.07, 6.45) is 2.22. The first kappa shape index (κ1) is 19.6. The fraction of sp³-hybridized carbons (Fsp3) is 0.143. The topological polar surface area (TPSA) is 93.1 Å². The zero-order chi connectivity index (χ0) is 16.0. The highest BCUT2D eigenvalue weighted by atomic mass is 16.5. The van der Waals surface area contributed by atoms with Gasteiger partial charge in [0.25, 0.3) is 0 Å². The largest absolute Gasteiger partial charge is 0.508 e. The van der Waals surface area contributed by atoms with Crippen molar-refractivity contribution in [3.63, 3.8) is 0 Å². The second kappa shape index (κ2) is 12.7. The lowest BCUT2D eigenvalue weighted by molar-refractivity contribution is -0.135. The van der Waals surface area contributed by atoms with E-state index in [1.165, 1.54) is 38.5 Å². The average molecular weight is 282 g/mol. The van der Waals surface area contributed by atoms with Crippen molar-refractivity contribution in [2.75, 3.05) is 14.2 Å². The third kappa shape index (κ3) is 13.3. The minimum atomic E-state index is -0.394. The lowest BCUT2D eigenvalue weighted by Gasteiger charge is -1.88. The molecule has 0 aliphatic heterocycles. The lowest BCUT2D eigenvalue weighted by Crippen LogP contribution is -1.91. The van der Waals surface area contributed by atoms with Crippen LogP contribution in [0.4, 0.5) is 0 Å². The van der Waals surface area contributed by atoms with Crippen molar-refractivity contribution in [3.8, 4) is 11.5 Å². The molecule has 1 aromatic carbocycles. The average Bonchev–Trinajstić information content (AvgIpc) is 2.49. The summed E-state index contributed by atoms with van der Waals surface area (Å²) in [5, 5.41) is 17.3. The van der Waals surface area contributed by atoms with E-state index in [1.54, 1.807) is 0 Å². The van der Waals surface area contributed by atoms with Crippen LogP contribution in [-0.4, -0.2) is 36.4 Å². The van der Waals surface area contributed by atoms with Crippen LogP contribution >= 0.6 is 0 Å². The molecule has 1 rings (SSSR count). The van der Waals surface area contributed by atoms with Crippen LogP contribution in [-0.2, 0) is 19.1 Å². The first-order valence-electron chi connectivity index (χ1n) is 5.30. The molecule has 0 saturated heterocycles. The monoisotopic (exact) mass is 282 g/mol. The predicted molar refractivity (Wildman–Crippen MR) is 74.2 cm³/mol. The molecule has 0 radical (unpaired) electrons. The number of benzene rings is 1. The van der Waals surface area contributed by atoms with Gasteiger partial charge >= 0.3 is 11.9 Å². The molecule has 0 fully saturated rings. The quantitative estimate of drug-likeness (QED) is 0.488. The summed E-state index contributed by atoms with van der Waals surface area (Å²) < 4.78 is 8.28. The Bertz CT molecular complexity index is 381. The van der Waals surface area contributed by atoms with Gasteiger partial charge in [-0.25, -0.2) is 9.59 Å². The van der Waals surface area contributed by atoms with Gasteiger partial charge in [0.2, 0.25) is 0 Å². The summed E-state index contributed by atoms with van der Waals surface area (Å²) in [5.74, 6) is -0.449. The molecular weight excluding hydrogens is 264 g/mol. The summed E-state index contributed by atoms with van der Waals surface area (Å²) in [5.41, 5.74) is 0. The van der Waals surface area contributed by atoms with Crippen molar-refractivity contribution in [1.29, 1.82) is 0 Å². The molecule has 0 unspecified atom stereocenters. The molecule has 110 valence electrons. The van der Waals surface area contributed by atoms with E-state index in [2.05, 4.69) is 22.6 Å². The Balaban J connectivity index is 0. The van der Waals surface area contributed by atoms with E-state index in [-0.39, 0.29) is 11.5 Å². The molecule has 0 aliphatic carbocycles. The SMILES string of the molecule is C=CC(=O)OC.C=CC(=O)OC.Oc1ccc(O)cc1. The highest BCUT2D eigenvalue weighted by Crippen LogP contribution is 2.13. The number of carbonyl (C=O) groups is 2. The van der Waals surface area contributed by atoms with Crippen LogP contribution in [0.5, 0.6) is 11.5 Å². The van der Waals surface area contributed by atoms with Gasteiger partial charge in [-0.2, -0.15) is 0 Å². The zero-order valence-corrected chi connectivity index (χ0v) is 11.4. The standard InChI is InChI=1S/C6H6O2.2C4H6O2/c7-5-1-2-6(8)4-3-5;2*1-3-4(5)6-2/h1-4,7-8H;2*3H,1H2,2H3. The van der Waals surface area contributed by atoms with Gasteiger partial charge in [0.15, 0.2) is 0 Å². The summed E-state index contributed by atoms with van der Waals surface area (Å²) in [4.78, 5) is 19.7. The number of hydrogen-bond acceptors (Lipinski definition) is 6. The first-order valence-corrected chi connectivity index (χ1v) is 5.30. The van der Waals surface area contributed by atoms with E-state index in [0.717, 1.165) is 12.2 Å². The van der Waals surface area contributed by atoms with Gasteiger partial charge in [-0.05, 0) is 24.3 Å². The third-order valence-electron chi connectivity index (χ3n) is 1.59. The number of ether oxygens (including phenoxy) is 2. The third-order valence-corrected chi connectivity index (χ3v) is 1.59.